The van der Waals surface area contributed by atoms with Crippen molar-refractivity contribution in [3.05, 3.63) is 65.3 Å². The van der Waals surface area contributed by atoms with Crippen molar-refractivity contribution in [2.75, 3.05) is 33.3 Å². The zero-order valence-corrected chi connectivity index (χ0v) is 18.4. The number of piperidine rings is 1. The molecule has 0 bridgehead atoms. The van der Waals surface area contributed by atoms with E-state index in [9.17, 15) is 4.79 Å². The number of nitrogens with zero attached hydrogens (tertiary/aromatic N) is 3. The number of para-hydroxylation sites is 1. The Hall–Kier alpha value is -2.83. The predicted octanol–water partition coefficient (Wildman–Crippen LogP) is 4.42. The van der Waals surface area contributed by atoms with E-state index in [0.29, 0.717) is 28.6 Å². The molecule has 0 saturated carbocycles. The standard InChI is InChI=1S/C24H27ClN4O2/c1-31-19-9-7-8-18(16-19)21-17-23(29(27-21)22-11-4-3-10-20(22)25)24(30)26-12-15-28-13-5-2-6-14-28/h3-4,7-11,16-17H,2,5-6,12-15H2,1H3,(H,26,30). The van der Waals surface area contributed by atoms with Crippen LogP contribution in [0.2, 0.25) is 5.02 Å². The average molecular weight is 439 g/mol. The van der Waals surface area contributed by atoms with E-state index in [2.05, 4.69) is 10.2 Å². The number of ether oxygens (including phenoxy) is 1. The highest BCUT2D eigenvalue weighted by Gasteiger charge is 2.19. The van der Waals surface area contributed by atoms with Gasteiger partial charge in [0.2, 0.25) is 0 Å². The second-order valence-electron chi connectivity index (χ2n) is 7.67. The first-order valence-corrected chi connectivity index (χ1v) is 11.0. The number of carbonyl (C=O) groups excluding carboxylic acids is 1. The molecule has 0 spiro atoms. The van der Waals surface area contributed by atoms with Gasteiger partial charge in [0, 0.05) is 18.7 Å². The summed E-state index contributed by atoms with van der Waals surface area (Å²) in [5.41, 5.74) is 2.66. The monoisotopic (exact) mass is 438 g/mol. The van der Waals surface area contributed by atoms with Crippen molar-refractivity contribution in [1.29, 1.82) is 0 Å². The third-order valence-corrected chi connectivity index (χ3v) is 5.87. The molecule has 1 fully saturated rings. The van der Waals surface area contributed by atoms with Gasteiger partial charge in [0.15, 0.2) is 0 Å². The molecular formula is C24H27ClN4O2. The number of amides is 1. The highest BCUT2D eigenvalue weighted by molar-refractivity contribution is 6.32. The zero-order chi connectivity index (χ0) is 21.6. The molecule has 1 aliphatic heterocycles. The smallest absolute Gasteiger partial charge is 0.270 e. The average Bonchev–Trinajstić information content (AvgIpc) is 3.25. The number of rotatable bonds is 7. The summed E-state index contributed by atoms with van der Waals surface area (Å²) in [6.07, 6.45) is 3.77. The summed E-state index contributed by atoms with van der Waals surface area (Å²) in [7, 11) is 1.63. The number of methoxy groups -OCH3 is 1. The van der Waals surface area contributed by atoms with Crippen LogP contribution >= 0.6 is 11.6 Å². The summed E-state index contributed by atoms with van der Waals surface area (Å²) in [6, 6.07) is 16.8. The van der Waals surface area contributed by atoms with Crippen molar-refractivity contribution >= 4 is 17.5 Å². The first kappa shape index (κ1) is 21.4. The largest absolute Gasteiger partial charge is 0.497 e. The minimum Gasteiger partial charge on any atom is -0.497 e. The second kappa shape index (κ2) is 9.98. The molecule has 2 heterocycles. The van der Waals surface area contributed by atoms with Crippen LogP contribution in [0.4, 0.5) is 0 Å². The van der Waals surface area contributed by atoms with E-state index in [0.717, 1.165) is 30.9 Å². The van der Waals surface area contributed by atoms with Gasteiger partial charge >= 0.3 is 0 Å². The minimum absolute atomic E-state index is 0.168. The van der Waals surface area contributed by atoms with Crippen LogP contribution in [0.3, 0.4) is 0 Å². The summed E-state index contributed by atoms with van der Waals surface area (Å²) in [5.74, 6) is 0.566. The zero-order valence-electron chi connectivity index (χ0n) is 17.7. The molecule has 0 radical (unpaired) electrons. The number of hydrogen-bond donors (Lipinski definition) is 1. The lowest BCUT2D eigenvalue weighted by Gasteiger charge is -2.26. The van der Waals surface area contributed by atoms with Crippen LogP contribution < -0.4 is 10.1 Å². The van der Waals surface area contributed by atoms with E-state index < -0.39 is 0 Å². The van der Waals surface area contributed by atoms with E-state index in [1.807, 2.05) is 42.5 Å². The first-order chi connectivity index (χ1) is 15.2. The molecule has 6 nitrogen and oxygen atoms in total. The number of likely N-dealkylation sites (tertiary alicyclic amines) is 1. The van der Waals surface area contributed by atoms with Gasteiger partial charge in [-0.3, -0.25) is 4.79 Å². The molecule has 4 rings (SSSR count). The normalized spacial score (nSPS) is 14.4. The molecule has 31 heavy (non-hydrogen) atoms. The van der Waals surface area contributed by atoms with E-state index in [-0.39, 0.29) is 5.91 Å². The SMILES string of the molecule is COc1cccc(-c2cc(C(=O)NCCN3CCCCC3)n(-c3ccccc3Cl)n2)c1. The van der Waals surface area contributed by atoms with Gasteiger partial charge in [-0.15, -0.1) is 0 Å². The predicted molar refractivity (Wildman–Crippen MR) is 123 cm³/mol. The van der Waals surface area contributed by atoms with Crippen LogP contribution in [-0.2, 0) is 0 Å². The van der Waals surface area contributed by atoms with Gasteiger partial charge in [0.25, 0.3) is 5.91 Å². The molecule has 7 heteroatoms. The van der Waals surface area contributed by atoms with Crippen LogP contribution in [0.25, 0.3) is 16.9 Å². The Balaban J connectivity index is 1.60. The lowest BCUT2D eigenvalue weighted by Crippen LogP contribution is -2.38. The summed E-state index contributed by atoms with van der Waals surface area (Å²) < 4.78 is 6.95. The third-order valence-electron chi connectivity index (χ3n) is 5.55. The molecule has 0 aliphatic carbocycles. The Morgan fingerprint density at radius 2 is 1.90 bits per heavy atom. The lowest BCUT2D eigenvalue weighted by molar-refractivity contribution is 0.0939. The van der Waals surface area contributed by atoms with Gasteiger partial charge in [0.1, 0.15) is 11.4 Å². The maximum Gasteiger partial charge on any atom is 0.270 e. The molecule has 1 aliphatic rings. The minimum atomic E-state index is -0.168. The number of aromatic nitrogens is 2. The quantitative estimate of drug-likeness (QED) is 0.593. The first-order valence-electron chi connectivity index (χ1n) is 10.7. The van der Waals surface area contributed by atoms with Crippen molar-refractivity contribution in [2.24, 2.45) is 0 Å². The fraction of sp³-hybridized carbons (Fsp3) is 0.333. The van der Waals surface area contributed by atoms with Crippen LogP contribution in [0, 0.1) is 0 Å². The summed E-state index contributed by atoms with van der Waals surface area (Å²) in [6.45, 7) is 3.66. The maximum atomic E-state index is 13.1. The Bertz CT molecular complexity index is 1040. The number of nitrogens with one attached hydrogen (secondary N) is 1. The van der Waals surface area contributed by atoms with E-state index in [1.54, 1.807) is 23.9 Å². The van der Waals surface area contributed by atoms with Gasteiger partial charge in [-0.25, -0.2) is 4.68 Å². The highest BCUT2D eigenvalue weighted by Crippen LogP contribution is 2.27. The Morgan fingerprint density at radius 1 is 1.10 bits per heavy atom. The lowest BCUT2D eigenvalue weighted by atomic mass is 10.1. The number of carbonyl (C=O) groups is 1. The van der Waals surface area contributed by atoms with Crippen molar-refractivity contribution in [2.45, 2.75) is 19.3 Å². The molecule has 1 saturated heterocycles. The topological polar surface area (TPSA) is 59.4 Å². The van der Waals surface area contributed by atoms with Crippen LogP contribution in [0.15, 0.2) is 54.6 Å². The summed E-state index contributed by atoms with van der Waals surface area (Å²) in [4.78, 5) is 15.5. The van der Waals surface area contributed by atoms with Gasteiger partial charge in [-0.05, 0) is 56.3 Å². The van der Waals surface area contributed by atoms with Crippen molar-refractivity contribution < 1.29 is 9.53 Å². The van der Waals surface area contributed by atoms with Gasteiger partial charge in [-0.2, -0.15) is 5.10 Å². The third kappa shape index (κ3) is 5.09. The van der Waals surface area contributed by atoms with Gasteiger partial charge in [0.05, 0.1) is 23.5 Å². The maximum absolute atomic E-state index is 13.1. The van der Waals surface area contributed by atoms with Crippen LogP contribution in [0.5, 0.6) is 5.75 Å². The Labute approximate surface area is 187 Å². The molecule has 1 aromatic heterocycles. The molecular weight excluding hydrogens is 412 g/mol. The molecule has 2 aromatic carbocycles. The number of benzene rings is 2. The molecule has 0 atom stereocenters. The second-order valence-corrected chi connectivity index (χ2v) is 8.08. The van der Waals surface area contributed by atoms with Gasteiger partial charge in [-0.1, -0.05) is 42.3 Å². The molecule has 1 amide bonds. The van der Waals surface area contributed by atoms with Crippen LogP contribution in [0.1, 0.15) is 29.8 Å². The Kier molecular flexibility index (Phi) is 6.89. The highest BCUT2D eigenvalue weighted by atomic mass is 35.5. The Morgan fingerprint density at radius 3 is 2.68 bits per heavy atom. The molecule has 162 valence electrons. The molecule has 1 N–H and O–H groups in total. The number of hydrogen-bond acceptors (Lipinski definition) is 4. The number of halogens is 1. The van der Waals surface area contributed by atoms with Crippen molar-refractivity contribution in [1.82, 2.24) is 20.0 Å². The molecule has 0 unspecified atom stereocenters. The van der Waals surface area contributed by atoms with Gasteiger partial charge < -0.3 is 15.0 Å². The fourth-order valence-electron chi connectivity index (χ4n) is 3.87. The van der Waals surface area contributed by atoms with E-state index in [4.69, 9.17) is 21.4 Å². The van der Waals surface area contributed by atoms with Crippen LogP contribution in [-0.4, -0.2) is 53.9 Å². The fourth-order valence-corrected chi connectivity index (χ4v) is 4.09. The summed E-state index contributed by atoms with van der Waals surface area (Å²) >= 11 is 6.43. The van der Waals surface area contributed by atoms with Crippen molar-refractivity contribution in [3.8, 4) is 22.7 Å². The summed E-state index contributed by atoms with van der Waals surface area (Å²) in [5, 5.41) is 8.30. The molecule has 3 aromatic rings. The van der Waals surface area contributed by atoms with Crippen molar-refractivity contribution in [3.63, 3.8) is 0 Å². The van der Waals surface area contributed by atoms with E-state index in [1.165, 1.54) is 19.3 Å². The van der Waals surface area contributed by atoms with E-state index >= 15 is 0 Å².